The summed E-state index contributed by atoms with van der Waals surface area (Å²) in [6, 6.07) is 17.6. The van der Waals surface area contributed by atoms with Crippen molar-refractivity contribution in [1.82, 2.24) is 5.32 Å². The van der Waals surface area contributed by atoms with Crippen LogP contribution in [-0.4, -0.2) is 24.9 Å². The summed E-state index contributed by atoms with van der Waals surface area (Å²) in [6.07, 6.45) is 1.32. The third-order valence-electron chi connectivity index (χ3n) is 3.90. The SMILES string of the molecule is CCc1ccc(N(CCNC(=O)Cc2ccccc2)C(C)=O)cc1. The van der Waals surface area contributed by atoms with Gasteiger partial charge in [-0.2, -0.15) is 0 Å². The van der Waals surface area contributed by atoms with Crippen molar-refractivity contribution in [1.29, 1.82) is 0 Å². The maximum atomic E-state index is 12.0. The first-order valence-electron chi connectivity index (χ1n) is 8.28. The van der Waals surface area contributed by atoms with E-state index >= 15 is 0 Å². The number of nitrogens with zero attached hydrogens (tertiary/aromatic N) is 1. The molecule has 2 aromatic carbocycles. The summed E-state index contributed by atoms with van der Waals surface area (Å²) < 4.78 is 0. The van der Waals surface area contributed by atoms with Gasteiger partial charge in [0.15, 0.2) is 0 Å². The third kappa shape index (κ3) is 5.23. The number of hydrogen-bond acceptors (Lipinski definition) is 2. The highest BCUT2D eigenvalue weighted by Crippen LogP contribution is 2.15. The second-order valence-corrected chi connectivity index (χ2v) is 5.70. The number of benzene rings is 2. The topological polar surface area (TPSA) is 49.4 Å². The summed E-state index contributed by atoms with van der Waals surface area (Å²) in [5.74, 6) is -0.0670. The number of hydrogen-bond donors (Lipinski definition) is 1. The van der Waals surface area contributed by atoms with E-state index in [-0.39, 0.29) is 11.8 Å². The molecule has 0 bridgehead atoms. The van der Waals surface area contributed by atoms with Gasteiger partial charge in [0, 0.05) is 25.7 Å². The second-order valence-electron chi connectivity index (χ2n) is 5.70. The molecular formula is C20H24N2O2. The van der Waals surface area contributed by atoms with Crippen LogP contribution in [0.1, 0.15) is 25.0 Å². The first kappa shape index (κ1) is 17.7. The van der Waals surface area contributed by atoms with Crippen LogP contribution in [0.3, 0.4) is 0 Å². The Hall–Kier alpha value is -2.62. The number of anilines is 1. The smallest absolute Gasteiger partial charge is 0.224 e. The Labute approximate surface area is 143 Å². The van der Waals surface area contributed by atoms with Gasteiger partial charge in [-0.15, -0.1) is 0 Å². The molecule has 4 heteroatoms. The van der Waals surface area contributed by atoms with E-state index < -0.39 is 0 Å². The van der Waals surface area contributed by atoms with Crippen LogP contribution in [0.4, 0.5) is 5.69 Å². The number of nitrogens with one attached hydrogen (secondary N) is 1. The lowest BCUT2D eigenvalue weighted by atomic mass is 10.1. The first-order chi connectivity index (χ1) is 11.6. The second kappa shape index (κ2) is 8.87. The van der Waals surface area contributed by atoms with Crippen molar-refractivity contribution < 1.29 is 9.59 Å². The van der Waals surface area contributed by atoms with E-state index in [1.54, 1.807) is 11.8 Å². The maximum absolute atomic E-state index is 12.0. The average molecular weight is 324 g/mol. The zero-order chi connectivity index (χ0) is 17.4. The van der Waals surface area contributed by atoms with E-state index in [4.69, 9.17) is 0 Å². The summed E-state index contributed by atoms with van der Waals surface area (Å²) in [6.45, 7) is 4.53. The van der Waals surface area contributed by atoms with Crippen LogP contribution in [0.5, 0.6) is 0 Å². The molecule has 0 fully saturated rings. The van der Waals surface area contributed by atoms with Gasteiger partial charge in [0.1, 0.15) is 0 Å². The predicted octanol–water partition coefficient (Wildman–Crippen LogP) is 2.96. The van der Waals surface area contributed by atoms with Crippen molar-refractivity contribution >= 4 is 17.5 Å². The summed E-state index contributed by atoms with van der Waals surface area (Å²) >= 11 is 0. The molecule has 0 aliphatic rings. The number of carbonyl (C=O) groups is 2. The molecule has 24 heavy (non-hydrogen) atoms. The first-order valence-corrected chi connectivity index (χ1v) is 8.28. The van der Waals surface area contributed by atoms with E-state index in [0.717, 1.165) is 17.7 Å². The number of amides is 2. The lowest BCUT2D eigenvalue weighted by molar-refractivity contribution is -0.121. The monoisotopic (exact) mass is 324 g/mol. The minimum absolute atomic E-state index is 0.0310. The number of rotatable bonds is 7. The van der Waals surface area contributed by atoms with E-state index in [0.29, 0.717) is 19.5 Å². The van der Waals surface area contributed by atoms with E-state index in [2.05, 4.69) is 12.2 Å². The van der Waals surface area contributed by atoms with Gasteiger partial charge >= 0.3 is 0 Å². The molecule has 0 aliphatic heterocycles. The van der Waals surface area contributed by atoms with Crippen LogP contribution in [-0.2, 0) is 22.4 Å². The molecule has 4 nitrogen and oxygen atoms in total. The van der Waals surface area contributed by atoms with E-state index in [1.165, 1.54) is 5.56 Å². The van der Waals surface area contributed by atoms with Gasteiger partial charge in [-0.1, -0.05) is 49.4 Å². The van der Waals surface area contributed by atoms with Crippen molar-refractivity contribution in [2.45, 2.75) is 26.7 Å². The van der Waals surface area contributed by atoms with Crippen LogP contribution in [0.15, 0.2) is 54.6 Å². The highest BCUT2D eigenvalue weighted by molar-refractivity contribution is 5.91. The molecule has 0 saturated carbocycles. The molecule has 2 rings (SSSR count). The fourth-order valence-corrected chi connectivity index (χ4v) is 2.53. The Bertz CT molecular complexity index is 666. The maximum Gasteiger partial charge on any atom is 0.224 e. The molecule has 0 radical (unpaired) electrons. The van der Waals surface area contributed by atoms with Gasteiger partial charge in [0.2, 0.25) is 11.8 Å². The molecule has 0 heterocycles. The molecule has 1 N–H and O–H groups in total. The fourth-order valence-electron chi connectivity index (χ4n) is 2.53. The normalized spacial score (nSPS) is 10.2. The van der Waals surface area contributed by atoms with Crippen molar-refractivity contribution in [3.05, 3.63) is 65.7 Å². The Morgan fingerprint density at radius 2 is 1.62 bits per heavy atom. The van der Waals surface area contributed by atoms with E-state index in [1.807, 2.05) is 54.6 Å². The van der Waals surface area contributed by atoms with Crippen LogP contribution >= 0.6 is 0 Å². The average Bonchev–Trinajstić information content (AvgIpc) is 2.59. The molecule has 0 spiro atoms. The Morgan fingerprint density at radius 1 is 0.958 bits per heavy atom. The summed E-state index contributed by atoms with van der Waals surface area (Å²) in [5, 5.41) is 2.88. The molecular weight excluding hydrogens is 300 g/mol. The lowest BCUT2D eigenvalue weighted by Crippen LogP contribution is -2.38. The minimum Gasteiger partial charge on any atom is -0.354 e. The fraction of sp³-hybridized carbons (Fsp3) is 0.300. The highest BCUT2D eigenvalue weighted by atomic mass is 16.2. The summed E-state index contributed by atoms with van der Waals surface area (Å²) in [4.78, 5) is 25.5. The number of aryl methyl sites for hydroxylation is 1. The molecule has 126 valence electrons. The Kier molecular flexibility index (Phi) is 6.55. The predicted molar refractivity (Wildman–Crippen MR) is 97.0 cm³/mol. The van der Waals surface area contributed by atoms with Crippen molar-refractivity contribution in [2.24, 2.45) is 0 Å². The number of carbonyl (C=O) groups excluding carboxylic acids is 2. The summed E-state index contributed by atoms with van der Waals surface area (Å²) in [5.41, 5.74) is 3.07. The zero-order valence-electron chi connectivity index (χ0n) is 14.3. The van der Waals surface area contributed by atoms with Gasteiger partial charge in [-0.25, -0.2) is 0 Å². The quantitative estimate of drug-likeness (QED) is 0.851. The van der Waals surface area contributed by atoms with Gasteiger partial charge in [-0.3, -0.25) is 9.59 Å². The van der Waals surface area contributed by atoms with Crippen LogP contribution in [0, 0.1) is 0 Å². The third-order valence-corrected chi connectivity index (χ3v) is 3.90. The largest absolute Gasteiger partial charge is 0.354 e. The van der Waals surface area contributed by atoms with Crippen molar-refractivity contribution in [3.8, 4) is 0 Å². The molecule has 2 aromatic rings. The van der Waals surface area contributed by atoms with Crippen LogP contribution in [0.2, 0.25) is 0 Å². The highest BCUT2D eigenvalue weighted by Gasteiger charge is 2.11. The molecule has 0 unspecified atom stereocenters. The Balaban J connectivity index is 1.87. The minimum atomic E-state index is -0.0361. The van der Waals surface area contributed by atoms with Crippen molar-refractivity contribution in [3.63, 3.8) is 0 Å². The van der Waals surface area contributed by atoms with Gasteiger partial charge in [0.25, 0.3) is 0 Å². The molecule has 0 aliphatic carbocycles. The van der Waals surface area contributed by atoms with Crippen LogP contribution < -0.4 is 10.2 Å². The van der Waals surface area contributed by atoms with Gasteiger partial charge < -0.3 is 10.2 Å². The van der Waals surface area contributed by atoms with Crippen LogP contribution in [0.25, 0.3) is 0 Å². The van der Waals surface area contributed by atoms with Gasteiger partial charge in [0.05, 0.1) is 6.42 Å². The van der Waals surface area contributed by atoms with E-state index in [9.17, 15) is 9.59 Å². The van der Waals surface area contributed by atoms with Crippen molar-refractivity contribution in [2.75, 3.05) is 18.0 Å². The zero-order valence-corrected chi connectivity index (χ0v) is 14.3. The standard InChI is InChI=1S/C20H24N2O2/c1-3-17-9-11-19(12-10-17)22(16(2)23)14-13-21-20(24)15-18-7-5-4-6-8-18/h4-12H,3,13-15H2,1-2H3,(H,21,24). The molecule has 2 amide bonds. The Morgan fingerprint density at radius 3 is 2.21 bits per heavy atom. The molecule has 0 atom stereocenters. The lowest BCUT2D eigenvalue weighted by Gasteiger charge is -2.21. The summed E-state index contributed by atoms with van der Waals surface area (Å²) in [7, 11) is 0. The molecule has 0 aromatic heterocycles. The van der Waals surface area contributed by atoms with Gasteiger partial charge in [-0.05, 0) is 29.7 Å². The molecule has 0 saturated heterocycles.